The van der Waals surface area contributed by atoms with Crippen LogP contribution >= 0.6 is 0 Å². The molecular formula is C19H22FN3O2. The van der Waals surface area contributed by atoms with Crippen LogP contribution in [0.1, 0.15) is 23.7 Å². The first-order valence-electron chi connectivity index (χ1n) is 8.37. The number of likely N-dealkylation sites (tertiary alicyclic amines) is 1. The van der Waals surface area contributed by atoms with Crippen LogP contribution in [0.25, 0.3) is 0 Å². The predicted molar refractivity (Wildman–Crippen MR) is 94.4 cm³/mol. The number of carbonyl (C=O) groups excluding carboxylic acids is 1. The van der Waals surface area contributed by atoms with E-state index in [9.17, 15) is 9.18 Å². The molecule has 0 aliphatic carbocycles. The largest absolute Gasteiger partial charge is 0.484 e. The highest BCUT2D eigenvalue weighted by Gasteiger charge is 2.28. The highest BCUT2D eigenvalue weighted by atomic mass is 19.1. The van der Waals surface area contributed by atoms with Crippen molar-refractivity contribution in [1.29, 1.82) is 0 Å². The van der Waals surface area contributed by atoms with Gasteiger partial charge in [0.15, 0.2) is 6.61 Å². The van der Waals surface area contributed by atoms with Crippen molar-refractivity contribution in [1.82, 2.24) is 9.88 Å². The van der Waals surface area contributed by atoms with Crippen LogP contribution in [-0.4, -0.2) is 42.5 Å². The van der Waals surface area contributed by atoms with Crippen LogP contribution in [0.3, 0.4) is 0 Å². The Morgan fingerprint density at radius 2 is 2.24 bits per heavy atom. The Hall–Kier alpha value is -2.63. The van der Waals surface area contributed by atoms with Gasteiger partial charge in [-0.3, -0.25) is 9.78 Å². The number of pyridine rings is 1. The zero-order chi connectivity index (χ0) is 17.8. The summed E-state index contributed by atoms with van der Waals surface area (Å²) in [5.74, 6) is 0.124. The van der Waals surface area contributed by atoms with E-state index in [-0.39, 0.29) is 24.2 Å². The van der Waals surface area contributed by atoms with Crippen molar-refractivity contribution in [3.63, 3.8) is 0 Å². The highest BCUT2D eigenvalue weighted by Crippen LogP contribution is 2.28. The standard InChI is InChI=1S/C19H22FN3O2/c1-13-8-16(21-2)10-18(22-13)14-6-7-23(11-14)19(24)12-25-17-5-3-4-15(20)9-17/h3-5,8-10,14H,6-7,11-12H2,1-2H3,(H,21,22)/t14-/m0/s1. The van der Waals surface area contributed by atoms with E-state index in [1.54, 1.807) is 17.0 Å². The number of nitrogens with one attached hydrogen (secondary N) is 1. The lowest BCUT2D eigenvalue weighted by molar-refractivity contribution is -0.132. The summed E-state index contributed by atoms with van der Waals surface area (Å²) in [6, 6.07) is 9.84. The summed E-state index contributed by atoms with van der Waals surface area (Å²) in [6.45, 7) is 3.19. The number of aromatic nitrogens is 1. The number of benzene rings is 1. The van der Waals surface area contributed by atoms with Gasteiger partial charge in [-0.2, -0.15) is 0 Å². The molecule has 25 heavy (non-hydrogen) atoms. The molecule has 0 saturated carbocycles. The second-order valence-corrected chi connectivity index (χ2v) is 6.24. The molecule has 5 nitrogen and oxygen atoms in total. The zero-order valence-corrected chi connectivity index (χ0v) is 14.5. The molecule has 1 saturated heterocycles. The zero-order valence-electron chi connectivity index (χ0n) is 14.5. The Morgan fingerprint density at radius 3 is 3.00 bits per heavy atom. The summed E-state index contributed by atoms with van der Waals surface area (Å²) in [5.41, 5.74) is 2.99. The van der Waals surface area contributed by atoms with Crippen LogP contribution in [0.15, 0.2) is 36.4 Å². The van der Waals surface area contributed by atoms with Gasteiger partial charge >= 0.3 is 0 Å². The van der Waals surface area contributed by atoms with Crippen LogP contribution in [0.5, 0.6) is 5.75 Å². The van der Waals surface area contributed by atoms with E-state index in [2.05, 4.69) is 10.3 Å². The molecule has 2 aromatic rings. The number of nitrogens with zero attached hydrogens (tertiary/aromatic N) is 2. The molecule has 0 unspecified atom stereocenters. The Morgan fingerprint density at radius 1 is 1.40 bits per heavy atom. The maximum atomic E-state index is 13.1. The van der Waals surface area contributed by atoms with Crippen molar-refractivity contribution >= 4 is 11.6 Å². The topological polar surface area (TPSA) is 54.5 Å². The van der Waals surface area contributed by atoms with Crippen LogP contribution in [0.2, 0.25) is 0 Å². The number of halogens is 1. The number of carbonyl (C=O) groups is 1. The van der Waals surface area contributed by atoms with Gasteiger partial charge in [0.1, 0.15) is 11.6 Å². The Bertz CT molecular complexity index is 766. The van der Waals surface area contributed by atoms with Crippen molar-refractivity contribution in [3.8, 4) is 5.75 Å². The van der Waals surface area contributed by atoms with Crippen LogP contribution in [-0.2, 0) is 4.79 Å². The highest BCUT2D eigenvalue weighted by molar-refractivity contribution is 5.78. The third kappa shape index (κ3) is 4.26. The van der Waals surface area contributed by atoms with Gasteiger partial charge in [-0.15, -0.1) is 0 Å². The number of amides is 1. The lowest BCUT2D eigenvalue weighted by atomic mass is 10.0. The van der Waals surface area contributed by atoms with Gasteiger partial charge in [0.05, 0.1) is 0 Å². The molecule has 0 bridgehead atoms. The van der Waals surface area contributed by atoms with E-state index in [1.807, 2.05) is 26.1 Å². The number of aryl methyl sites for hydroxylation is 1. The summed E-state index contributed by atoms with van der Waals surface area (Å²) in [4.78, 5) is 18.7. The molecule has 1 aliphatic rings. The molecule has 132 valence electrons. The van der Waals surface area contributed by atoms with Crippen molar-refractivity contribution in [2.75, 3.05) is 32.1 Å². The monoisotopic (exact) mass is 343 g/mol. The normalized spacial score (nSPS) is 16.8. The molecule has 0 radical (unpaired) electrons. The molecule has 1 atom stereocenters. The molecule has 1 aromatic carbocycles. The van der Waals surface area contributed by atoms with Gasteiger partial charge < -0.3 is 15.0 Å². The first kappa shape index (κ1) is 17.2. The maximum Gasteiger partial charge on any atom is 0.260 e. The molecule has 2 heterocycles. The van der Waals surface area contributed by atoms with E-state index >= 15 is 0 Å². The molecule has 1 fully saturated rings. The summed E-state index contributed by atoms with van der Waals surface area (Å²) in [5, 5.41) is 3.14. The first-order valence-corrected chi connectivity index (χ1v) is 8.37. The minimum absolute atomic E-state index is 0.0841. The molecule has 1 amide bonds. The van der Waals surface area contributed by atoms with Crippen LogP contribution in [0, 0.1) is 12.7 Å². The van der Waals surface area contributed by atoms with Gasteiger partial charge in [0.25, 0.3) is 5.91 Å². The second-order valence-electron chi connectivity index (χ2n) is 6.24. The summed E-state index contributed by atoms with van der Waals surface area (Å²) < 4.78 is 18.5. The lowest BCUT2D eigenvalue weighted by Crippen LogP contribution is -2.32. The number of rotatable bonds is 5. The molecule has 0 spiro atoms. The smallest absolute Gasteiger partial charge is 0.260 e. The van der Waals surface area contributed by atoms with Crippen molar-refractivity contribution in [3.05, 3.63) is 53.6 Å². The predicted octanol–water partition coefficient (Wildman–Crippen LogP) is 2.97. The molecule has 6 heteroatoms. The van der Waals surface area contributed by atoms with Gasteiger partial charge in [-0.1, -0.05) is 6.07 Å². The SMILES string of the molecule is CNc1cc(C)nc([C@H]2CCN(C(=O)COc3cccc(F)c3)C2)c1. The van der Waals surface area contributed by atoms with Gasteiger partial charge in [0.2, 0.25) is 0 Å². The van der Waals surface area contributed by atoms with E-state index in [0.717, 1.165) is 23.5 Å². The Balaban J connectivity index is 1.58. The van der Waals surface area contributed by atoms with Gasteiger partial charge in [-0.05, 0) is 37.6 Å². The fourth-order valence-corrected chi connectivity index (χ4v) is 3.07. The quantitative estimate of drug-likeness (QED) is 0.907. The maximum absolute atomic E-state index is 13.1. The van der Waals surface area contributed by atoms with Gasteiger partial charge in [-0.25, -0.2) is 4.39 Å². The lowest BCUT2D eigenvalue weighted by Gasteiger charge is -2.17. The minimum atomic E-state index is -0.378. The van der Waals surface area contributed by atoms with E-state index in [0.29, 0.717) is 18.8 Å². The number of hydrogen-bond acceptors (Lipinski definition) is 4. The van der Waals surface area contributed by atoms with Gasteiger partial charge in [0, 0.05) is 49.2 Å². The Kier molecular flexibility index (Phi) is 5.16. The molecule has 1 aliphatic heterocycles. The van der Waals surface area contributed by atoms with Crippen molar-refractivity contribution in [2.24, 2.45) is 0 Å². The third-order valence-corrected chi connectivity index (χ3v) is 4.38. The average molecular weight is 343 g/mol. The fourth-order valence-electron chi connectivity index (χ4n) is 3.07. The molecule has 3 rings (SSSR count). The third-order valence-electron chi connectivity index (χ3n) is 4.38. The Labute approximate surface area is 146 Å². The van der Waals surface area contributed by atoms with E-state index < -0.39 is 0 Å². The molecular weight excluding hydrogens is 321 g/mol. The first-order chi connectivity index (χ1) is 12.0. The summed E-state index contributed by atoms with van der Waals surface area (Å²) in [6.07, 6.45) is 0.880. The summed E-state index contributed by atoms with van der Waals surface area (Å²) in [7, 11) is 1.88. The number of hydrogen-bond donors (Lipinski definition) is 1. The van der Waals surface area contributed by atoms with Crippen molar-refractivity contribution < 1.29 is 13.9 Å². The summed E-state index contributed by atoms with van der Waals surface area (Å²) >= 11 is 0. The number of ether oxygens (including phenoxy) is 1. The van der Waals surface area contributed by atoms with Crippen LogP contribution in [0.4, 0.5) is 10.1 Å². The minimum Gasteiger partial charge on any atom is -0.484 e. The van der Waals surface area contributed by atoms with E-state index in [4.69, 9.17) is 4.74 Å². The second kappa shape index (κ2) is 7.51. The van der Waals surface area contributed by atoms with E-state index in [1.165, 1.54) is 12.1 Å². The fraction of sp³-hybridized carbons (Fsp3) is 0.368. The van der Waals surface area contributed by atoms with Crippen LogP contribution < -0.4 is 10.1 Å². The number of anilines is 1. The molecule has 1 N–H and O–H groups in total. The van der Waals surface area contributed by atoms with Crippen molar-refractivity contribution in [2.45, 2.75) is 19.3 Å². The average Bonchev–Trinajstić information content (AvgIpc) is 3.09. The molecule has 1 aromatic heterocycles.